The third-order valence-corrected chi connectivity index (χ3v) is 5.40. The van der Waals surface area contributed by atoms with Gasteiger partial charge >= 0.3 is 0 Å². The third kappa shape index (κ3) is 4.03. The van der Waals surface area contributed by atoms with Crippen LogP contribution in [-0.2, 0) is 12.1 Å². The van der Waals surface area contributed by atoms with Gasteiger partial charge < -0.3 is 0 Å². The Kier molecular flexibility index (Phi) is 4.63. The molecule has 2 fully saturated rings. The number of aromatic nitrogens is 2. The van der Waals surface area contributed by atoms with E-state index in [0.717, 1.165) is 11.6 Å². The molecule has 0 bridgehead atoms. The van der Waals surface area contributed by atoms with Gasteiger partial charge in [0.15, 0.2) is 0 Å². The molecule has 0 atom stereocenters. The molecule has 1 aromatic rings. The fourth-order valence-electron chi connectivity index (χ4n) is 3.61. The van der Waals surface area contributed by atoms with Crippen molar-refractivity contribution >= 4 is 0 Å². The summed E-state index contributed by atoms with van der Waals surface area (Å²) in [5, 5.41) is 4.67. The first kappa shape index (κ1) is 16.7. The smallest absolute Gasteiger partial charge is 0.267 e. The zero-order valence-corrected chi connectivity index (χ0v) is 15.1. The van der Waals surface area contributed by atoms with E-state index in [0.29, 0.717) is 18.8 Å². The van der Waals surface area contributed by atoms with Crippen molar-refractivity contribution in [3.63, 3.8) is 0 Å². The topological polar surface area (TPSA) is 38.1 Å². The van der Waals surface area contributed by atoms with Crippen molar-refractivity contribution < 1.29 is 0 Å². The Bertz CT molecular complexity index is 589. The predicted octanol–water partition coefficient (Wildman–Crippen LogP) is 3.54. The Morgan fingerprint density at radius 2 is 1.65 bits per heavy atom. The summed E-state index contributed by atoms with van der Waals surface area (Å²) >= 11 is 0. The van der Waals surface area contributed by atoms with E-state index in [2.05, 4.69) is 37.7 Å². The van der Waals surface area contributed by atoms with Crippen molar-refractivity contribution in [3.8, 4) is 0 Å². The van der Waals surface area contributed by atoms with Crippen LogP contribution in [0.15, 0.2) is 16.9 Å². The van der Waals surface area contributed by atoms with E-state index in [-0.39, 0.29) is 11.0 Å². The first-order valence-electron chi connectivity index (χ1n) is 9.19. The lowest BCUT2D eigenvalue weighted by atomic mass is 9.86. The Morgan fingerprint density at radius 1 is 1.09 bits per heavy atom. The summed E-state index contributed by atoms with van der Waals surface area (Å²) < 4.78 is 1.69. The van der Waals surface area contributed by atoms with Crippen LogP contribution in [-0.4, -0.2) is 26.8 Å². The maximum atomic E-state index is 12.3. The van der Waals surface area contributed by atoms with E-state index < -0.39 is 0 Å². The second-order valence-electron chi connectivity index (χ2n) is 8.61. The Balaban J connectivity index is 1.79. The summed E-state index contributed by atoms with van der Waals surface area (Å²) in [6, 6.07) is 4.86. The summed E-state index contributed by atoms with van der Waals surface area (Å²) in [7, 11) is 0. The normalized spacial score (nSPS) is 25.8. The molecule has 2 aliphatic rings. The molecule has 128 valence electrons. The Morgan fingerprint density at radius 3 is 2.17 bits per heavy atom. The lowest BCUT2D eigenvalue weighted by molar-refractivity contribution is 0.0900. The number of rotatable bonds is 4. The highest BCUT2D eigenvalue weighted by Crippen LogP contribution is 2.35. The maximum absolute atomic E-state index is 12.3. The zero-order chi connectivity index (χ0) is 16.6. The van der Waals surface area contributed by atoms with Gasteiger partial charge in [0.25, 0.3) is 5.56 Å². The standard InChI is InChI=1S/C19H31N3O/c1-14-5-7-15(8-6-14)21(16-9-10-16)13-22-18(23)12-11-17(20-22)19(2,3)4/h11-12,14-16H,5-10,13H2,1-4H3. The molecule has 0 aromatic carbocycles. The van der Waals surface area contributed by atoms with E-state index in [9.17, 15) is 4.79 Å². The van der Waals surface area contributed by atoms with Crippen LogP contribution in [0.2, 0.25) is 0 Å². The molecule has 0 N–H and O–H groups in total. The summed E-state index contributed by atoms with van der Waals surface area (Å²) in [6.45, 7) is 9.45. The molecule has 0 spiro atoms. The van der Waals surface area contributed by atoms with Crippen molar-refractivity contribution in [3.05, 3.63) is 28.2 Å². The molecule has 3 rings (SSSR count). The molecule has 4 heteroatoms. The largest absolute Gasteiger partial charge is 0.278 e. The van der Waals surface area contributed by atoms with Gasteiger partial charge in [0.05, 0.1) is 12.4 Å². The number of hydrogen-bond donors (Lipinski definition) is 0. The highest BCUT2D eigenvalue weighted by atomic mass is 16.1. The molecule has 0 saturated heterocycles. The predicted molar refractivity (Wildman–Crippen MR) is 93.5 cm³/mol. The Hall–Kier alpha value is -1.16. The fraction of sp³-hybridized carbons (Fsp3) is 0.789. The Labute approximate surface area is 139 Å². The average Bonchev–Trinajstić information content (AvgIpc) is 3.31. The van der Waals surface area contributed by atoms with Gasteiger partial charge in [-0.2, -0.15) is 5.10 Å². The van der Waals surface area contributed by atoms with Gasteiger partial charge in [-0.3, -0.25) is 9.69 Å². The van der Waals surface area contributed by atoms with Crippen LogP contribution in [0, 0.1) is 5.92 Å². The van der Waals surface area contributed by atoms with E-state index in [4.69, 9.17) is 0 Å². The van der Waals surface area contributed by atoms with Crippen LogP contribution in [0.4, 0.5) is 0 Å². The van der Waals surface area contributed by atoms with Gasteiger partial charge in [0.2, 0.25) is 0 Å². The van der Waals surface area contributed by atoms with Gasteiger partial charge in [0, 0.05) is 23.6 Å². The van der Waals surface area contributed by atoms with Crippen LogP contribution in [0.3, 0.4) is 0 Å². The van der Waals surface area contributed by atoms with E-state index in [1.54, 1.807) is 10.7 Å². The molecular weight excluding hydrogens is 286 g/mol. The van der Waals surface area contributed by atoms with Gasteiger partial charge in [-0.05, 0) is 50.5 Å². The summed E-state index contributed by atoms with van der Waals surface area (Å²) in [4.78, 5) is 14.8. The highest BCUT2D eigenvalue weighted by molar-refractivity contribution is 5.10. The molecule has 0 unspecified atom stereocenters. The van der Waals surface area contributed by atoms with Crippen LogP contribution in [0.1, 0.15) is 71.9 Å². The SMILES string of the molecule is CC1CCC(N(Cn2nc(C(C)(C)C)ccc2=O)C2CC2)CC1. The van der Waals surface area contributed by atoms with Crippen molar-refractivity contribution in [2.24, 2.45) is 5.92 Å². The van der Waals surface area contributed by atoms with Crippen LogP contribution in [0.5, 0.6) is 0 Å². The van der Waals surface area contributed by atoms with Crippen LogP contribution < -0.4 is 5.56 Å². The minimum Gasteiger partial charge on any atom is -0.278 e. The van der Waals surface area contributed by atoms with E-state index in [1.165, 1.54) is 38.5 Å². The van der Waals surface area contributed by atoms with E-state index >= 15 is 0 Å². The first-order valence-corrected chi connectivity index (χ1v) is 9.19. The molecule has 4 nitrogen and oxygen atoms in total. The van der Waals surface area contributed by atoms with E-state index in [1.807, 2.05) is 6.07 Å². The molecular formula is C19H31N3O. The molecule has 0 radical (unpaired) electrons. The van der Waals surface area contributed by atoms with Gasteiger partial charge in [-0.15, -0.1) is 0 Å². The summed E-state index contributed by atoms with van der Waals surface area (Å²) in [5.74, 6) is 0.859. The number of nitrogens with zero attached hydrogens (tertiary/aromatic N) is 3. The lowest BCUT2D eigenvalue weighted by Gasteiger charge is -2.36. The van der Waals surface area contributed by atoms with Gasteiger partial charge in [-0.1, -0.05) is 27.7 Å². The van der Waals surface area contributed by atoms with Crippen LogP contribution in [0.25, 0.3) is 0 Å². The average molecular weight is 317 g/mol. The minimum atomic E-state index is -0.0276. The quantitative estimate of drug-likeness (QED) is 0.852. The third-order valence-electron chi connectivity index (χ3n) is 5.40. The molecule has 23 heavy (non-hydrogen) atoms. The molecule has 0 aliphatic heterocycles. The first-order chi connectivity index (χ1) is 10.8. The molecule has 2 saturated carbocycles. The maximum Gasteiger partial charge on any atom is 0.267 e. The second-order valence-corrected chi connectivity index (χ2v) is 8.61. The number of hydrogen-bond acceptors (Lipinski definition) is 3. The summed E-state index contributed by atoms with van der Waals surface area (Å²) in [6.07, 6.45) is 7.73. The highest BCUT2D eigenvalue weighted by Gasteiger charge is 2.35. The van der Waals surface area contributed by atoms with Crippen molar-refractivity contribution in [2.45, 2.75) is 90.4 Å². The second kappa shape index (κ2) is 6.39. The lowest BCUT2D eigenvalue weighted by Crippen LogP contribution is -2.43. The van der Waals surface area contributed by atoms with Gasteiger partial charge in [-0.25, -0.2) is 4.68 Å². The molecule has 0 amide bonds. The van der Waals surface area contributed by atoms with Crippen molar-refractivity contribution in [1.29, 1.82) is 0 Å². The van der Waals surface area contributed by atoms with Crippen molar-refractivity contribution in [1.82, 2.24) is 14.7 Å². The molecule has 1 heterocycles. The summed E-state index contributed by atoms with van der Waals surface area (Å²) in [5.41, 5.74) is 0.984. The minimum absolute atomic E-state index is 0.0211. The fourth-order valence-corrected chi connectivity index (χ4v) is 3.61. The van der Waals surface area contributed by atoms with Crippen molar-refractivity contribution in [2.75, 3.05) is 0 Å². The molecule has 1 aromatic heterocycles. The monoisotopic (exact) mass is 317 g/mol. The van der Waals surface area contributed by atoms with Gasteiger partial charge in [0.1, 0.15) is 0 Å². The molecule has 2 aliphatic carbocycles. The van der Waals surface area contributed by atoms with Crippen LogP contribution >= 0.6 is 0 Å². The zero-order valence-electron chi connectivity index (χ0n) is 15.1.